The fourth-order valence-corrected chi connectivity index (χ4v) is 3.14. The van der Waals surface area contributed by atoms with E-state index in [1.807, 2.05) is 24.3 Å². The van der Waals surface area contributed by atoms with Gasteiger partial charge in [-0.25, -0.2) is 4.21 Å². The van der Waals surface area contributed by atoms with Crippen LogP contribution in [-0.2, 0) is 9.73 Å². The summed E-state index contributed by atoms with van der Waals surface area (Å²) in [5, 5.41) is 0. The van der Waals surface area contributed by atoms with Crippen LogP contribution in [0.25, 0.3) is 0 Å². The van der Waals surface area contributed by atoms with Gasteiger partial charge in [-0.15, -0.1) is 0 Å². The van der Waals surface area contributed by atoms with Gasteiger partial charge in [0.25, 0.3) is 0 Å². The Bertz CT molecular complexity index is 427. The lowest BCUT2D eigenvalue weighted by molar-refractivity contribution is 0.664. The molecule has 0 spiro atoms. The first-order valence-corrected chi connectivity index (χ1v) is 7.50. The highest BCUT2D eigenvalue weighted by Gasteiger charge is 2.18. The van der Waals surface area contributed by atoms with E-state index in [-0.39, 0.29) is 0 Å². The molecule has 1 aliphatic rings. The summed E-state index contributed by atoms with van der Waals surface area (Å²) in [6, 6.07) is 8.09. The van der Waals surface area contributed by atoms with Crippen LogP contribution in [0.4, 0.5) is 5.69 Å². The second-order valence-electron chi connectivity index (χ2n) is 3.68. The van der Waals surface area contributed by atoms with Crippen molar-refractivity contribution < 1.29 is 4.21 Å². The highest BCUT2D eigenvalue weighted by atomic mass is 79.9. The Morgan fingerprint density at radius 2 is 1.73 bits per heavy atom. The summed E-state index contributed by atoms with van der Waals surface area (Å²) in [5.74, 6) is 0.978. The molecule has 1 aromatic carbocycles. The molecule has 1 fully saturated rings. The van der Waals surface area contributed by atoms with Crippen LogP contribution in [0.15, 0.2) is 28.7 Å². The van der Waals surface area contributed by atoms with Gasteiger partial charge in [-0.1, -0.05) is 15.9 Å². The molecular weight excluding hydrogens is 276 g/mol. The molecule has 15 heavy (non-hydrogen) atoms. The maximum atomic E-state index is 11.5. The van der Waals surface area contributed by atoms with Crippen LogP contribution in [0.2, 0.25) is 0 Å². The van der Waals surface area contributed by atoms with E-state index in [1.54, 1.807) is 0 Å². The number of nitrogens with one attached hydrogen (secondary N) is 1. The van der Waals surface area contributed by atoms with Crippen molar-refractivity contribution in [3.05, 3.63) is 28.7 Å². The summed E-state index contributed by atoms with van der Waals surface area (Å²) in [4.78, 5) is 2.18. The maximum Gasteiger partial charge on any atom is 0.0492 e. The fourth-order valence-electron chi connectivity index (χ4n) is 1.64. The summed E-state index contributed by atoms with van der Waals surface area (Å²) in [6.07, 6.45) is 0. The number of benzene rings is 1. The van der Waals surface area contributed by atoms with E-state index in [0.29, 0.717) is 11.5 Å². The van der Waals surface area contributed by atoms with Crippen molar-refractivity contribution in [3.63, 3.8) is 0 Å². The molecule has 1 heterocycles. The van der Waals surface area contributed by atoms with E-state index in [4.69, 9.17) is 4.78 Å². The zero-order chi connectivity index (χ0) is 10.9. The van der Waals surface area contributed by atoms with Crippen LogP contribution in [0.3, 0.4) is 0 Å². The van der Waals surface area contributed by atoms with Crippen molar-refractivity contribution in [2.24, 2.45) is 0 Å². The number of anilines is 1. The molecule has 1 saturated heterocycles. The van der Waals surface area contributed by atoms with E-state index >= 15 is 0 Å². The monoisotopic (exact) mass is 288 g/mol. The van der Waals surface area contributed by atoms with Crippen LogP contribution >= 0.6 is 15.9 Å². The van der Waals surface area contributed by atoms with E-state index in [9.17, 15) is 4.21 Å². The van der Waals surface area contributed by atoms with Gasteiger partial charge in [0, 0.05) is 44.5 Å². The third-order valence-corrected chi connectivity index (χ3v) is 4.79. The van der Waals surface area contributed by atoms with Crippen molar-refractivity contribution in [1.82, 2.24) is 0 Å². The lowest BCUT2D eigenvalue weighted by Gasteiger charge is -2.29. The Balaban J connectivity index is 2.11. The lowest BCUT2D eigenvalue weighted by atomic mass is 10.3. The minimum absolute atomic E-state index is 0.489. The Morgan fingerprint density at radius 1 is 1.20 bits per heavy atom. The maximum absolute atomic E-state index is 11.5. The van der Waals surface area contributed by atoms with Crippen LogP contribution < -0.4 is 4.90 Å². The number of nitrogens with zero attached hydrogens (tertiary/aromatic N) is 1. The third-order valence-electron chi connectivity index (χ3n) is 2.57. The molecule has 0 aliphatic carbocycles. The quantitative estimate of drug-likeness (QED) is 0.862. The molecule has 0 bridgehead atoms. The zero-order valence-electron chi connectivity index (χ0n) is 8.28. The minimum Gasteiger partial charge on any atom is -0.370 e. The van der Waals surface area contributed by atoms with E-state index < -0.39 is 9.73 Å². The van der Waals surface area contributed by atoms with Crippen LogP contribution in [0.1, 0.15) is 0 Å². The van der Waals surface area contributed by atoms with Crippen LogP contribution in [0, 0.1) is 4.78 Å². The topological polar surface area (TPSA) is 44.2 Å². The molecule has 82 valence electrons. The van der Waals surface area contributed by atoms with Crippen molar-refractivity contribution in [1.29, 1.82) is 4.78 Å². The van der Waals surface area contributed by atoms with Gasteiger partial charge in [0.2, 0.25) is 0 Å². The molecule has 3 nitrogen and oxygen atoms in total. The average molecular weight is 289 g/mol. The number of rotatable bonds is 1. The molecule has 1 N–H and O–H groups in total. The molecule has 0 atom stereocenters. The Hall–Kier alpha value is -0.550. The lowest BCUT2D eigenvalue weighted by Crippen LogP contribution is -2.39. The van der Waals surface area contributed by atoms with Gasteiger partial charge in [-0.2, -0.15) is 0 Å². The van der Waals surface area contributed by atoms with Crippen LogP contribution in [-0.4, -0.2) is 28.8 Å². The second kappa shape index (κ2) is 4.14. The summed E-state index contributed by atoms with van der Waals surface area (Å²) in [5.41, 5.74) is 1.15. The molecule has 0 aromatic heterocycles. The SMILES string of the molecule is N=S1(=O)CCN(c2ccc(Br)cc2)CC1. The largest absolute Gasteiger partial charge is 0.370 e. The van der Waals surface area contributed by atoms with Gasteiger partial charge in [0.15, 0.2) is 0 Å². The number of hydrogen-bond donors (Lipinski definition) is 1. The first kappa shape index (κ1) is 11.0. The molecule has 0 saturated carbocycles. The molecule has 5 heteroatoms. The Labute approximate surface area is 98.6 Å². The molecule has 0 unspecified atom stereocenters. The van der Waals surface area contributed by atoms with Crippen molar-refractivity contribution in [2.75, 3.05) is 29.5 Å². The summed E-state index contributed by atoms with van der Waals surface area (Å²) < 4.78 is 20.0. The predicted octanol–water partition coefficient (Wildman–Crippen LogP) is 2.32. The molecule has 1 aliphatic heterocycles. The molecule has 1 aromatic rings. The van der Waals surface area contributed by atoms with Crippen molar-refractivity contribution >= 4 is 31.3 Å². The smallest absolute Gasteiger partial charge is 0.0492 e. The first-order chi connectivity index (χ1) is 7.07. The number of hydrogen-bond acceptors (Lipinski definition) is 3. The molecule has 0 amide bonds. The van der Waals surface area contributed by atoms with Gasteiger partial charge in [0.1, 0.15) is 0 Å². The molecular formula is C10H13BrN2OS. The average Bonchev–Trinajstić information content (AvgIpc) is 2.20. The van der Waals surface area contributed by atoms with Crippen molar-refractivity contribution in [3.8, 4) is 0 Å². The van der Waals surface area contributed by atoms with Gasteiger partial charge in [-0.05, 0) is 24.3 Å². The first-order valence-electron chi connectivity index (χ1n) is 4.81. The predicted molar refractivity (Wildman–Crippen MR) is 67.0 cm³/mol. The van der Waals surface area contributed by atoms with E-state index in [2.05, 4.69) is 20.8 Å². The summed E-state index contributed by atoms with van der Waals surface area (Å²) in [6.45, 7) is 1.45. The molecule has 0 radical (unpaired) electrons. The normalized spacial score (nSPS) is 20.2. The minimum atomic E-state index is -2.28. The summed E-state index contributed by atoms with van der Waals surface area (Å²) in [7, 11) is -2.28. The van der Waals surface area contributed by atoms with Gasteiger partial charge >= 0.3 is 0 Å². The Morgan fingerprint density at radius 3 is 2.27 bits per heavy atom. The second-order valence-corrected chi connectivity index (χ2v) is 7.04. The van der Waals surface area contributed by atoms with Gasteiger partial charge in [0.05, 0.1) is 0 Å². The summed E-state index contributed by atoms with van der Waals surface area (Å²) >= 11 is 3.39. The zero-order valence-corrected chi connectivity index (χ0v) is 10.7. The Kier molecular flexibility index (Phi) is 3.02. The highest BCUT2D eigenvalue weighted by Crippen LogP contribution is 2.20. The van der Waals surface area contributed by atoms with E-state index in [0.717, 1.165) is 23.2 Å². The highest BCUT2D eigenvalue weighted by molar-refractivity contribution is 9.10. The van der Waals surface area contributed by atoms with Gasteiger partial charge < -0.3 is 4.90 Å². The fraction of sp³-hybridized carbons (Fsp3) is 0.400. The number of halogens is 1. The van der Waals surface area contributed by atoms with Crippen molar-refractivity contribution in [2.45, 2.75) is 0 Å². The van der Waals surface area contributed by atoms with E-state index in [1.165, 1.54) is 0 Å². The van der Waals surface area contributed by atoms with Gasteiger partial charge in [-0.3, -0.25) is 4.78 Å². The van der Waals surface area contributed by atoms with Crippen LogP contribution in [0.5, 0.6) is 0 Å². The third kappa shape index (κ3) is 2.72. The standard InChI is InChI=1S/C10H13BrN2OS/c11-9-1-3-10(4-2-9)13-5-7-15(12,14)8-6-13/h1-4,12H,5-8H2. The molecule has 2 rings (SSSR count).